The molecule has 0 radical (unpaired) electrons. The van der Waals surface area contributed by atoms with E-state index in [2.05, 4.69) is 19.9 Å². The Morgan fingerprint density at radius 2 is 2.00 bits per heavy atom. The molecule has 80 valence electrons. The van der Waals surface area contributed by atoms with Crippen LogP contribution in [0.25, 0.3) is 0 Å². The summed E-state index contributed by atoms with van der Waals surface area (Å²) in [5.41, 5.74) is 1.08. The molecule has 0 heterocycles. The third-order valence-corrected chi connectivity index (χ3v) is 1.70. The smallest absolute Gasteiger partial charge is 0.307 e. The van der Waals surface area contributed by atoms with Crippen molar-refractivity contribution in [3.8, 4) is 0 Å². The fourth-order valence-electron chi connectivity index (χ4n) is 1.03. The number of allylic oxidation sites excluding steroid dienone is 3. The molecule has 0 aromatic heterocycles. The molecule has 0 aliphatic rings. The summed E-state index contributed by atoms with van der Waals surface area (Å²) < 4.78 is 4.84. The summed E-state index contributed by atoms with van der Waals surface area (Å²) in [6.45, 7) is 5.66. The van der Waals surface area contributed by atoms with Crippen molar-refractivity contribution in [2.24, 2.45) is 0 Å². The molecule has 14 heavy (non-hydrogen) atoms. The number of ether oxygens (including phenoxy) is 1. The molecule has 0 aliphatic carbocycles. The zero-order valence-corrected chi connectivity index (χ0v) is 9.38. The number of rotatable bonds is 6. The molecular formula is C12H20O2. The van der Waals surface area contributed by atoms with Gasteiger partial charge in [-0.1, -0.05) is 38.8 Å². The molecule has 0 saturated heterocycles. The Kier molecular flexibility index (Phi) is 7.90. The van der Waals surface area contributed by atoms with Gasteiger partial charge in [-0.25, -0.2) is 0 Å². The van der Waals surface area contributed by atoms with Crippen LogP contribution in [0.5, 0.6) is 0 Å². The van der Waals surface area contributed by atoms with E-state index in [4.69, 9.17) is 4.74 Å². The van der Waals surface area contributed by atoms with E-state index >= 15 is 0 Å². The van der Waals surface area contributed by atoms with Gasteiger partial charge in [0.15, 0.2) is 0 Å². The van der Waals surface area contributed by atoms with Crippen LogP contribution in [-0.4, -0.2) is 5.97 Å². The van der Waals surface area contributed by atoms with Crippen LogP contribution < -0.4 is 0 Å². The number of hydrogen-bond acceptors (Lipinski definition) is 2. The van der Waals surface area contributed by atoms with Crippen molar-refractivity contribution in [3.05, 3.63) is 24.0 Å². The Balaban J connectivity index is 4.12. The van der Waals surface area contributed by atoms with E-state index in [9.17, 15) is 4.79 Å². The van der Waals surface area contributed by atoms with Crippen molar-refractivity contribution >= 4 is 5.97 Å². The fraction of sp³-hybridized carbons (Fsp3) is 0.583. The quantitative estimate of drug-likeness (QED) is 0.368. The zero-order valence-electron chi connectivity index (χ0n) is 9.38. The molecule has 0 aliphatic heterocycles. The Bertz CT molecular complexity index is 214. The molecule has 0 unspecified atom stereocenters. The second-order valence-corrected chi connectivity index (χ2v) is 3.24. The maximum Gasteiger partial charge on any atom is 0.307 e. The molecule has 0 rings (SSSR count). The predicted octanol–water partition coefficient (Wildman–Crippen LogP) is 3.59. The van der Waals surface area contributed by atoms with Gasteiger partial charge < -0.3 is 4.74 Å². The van der Waals surface area contributed by atoms with Crippen LogP contribution in [0, 0.1) is 0 Å². The Morgan fingerprint density at radius 3 is 2.50 bits per heavy atom. The maximum absolute atomic E-state index is 10.6. The van der Waals surface area contributed by atoms with Gasteiger partial charge in [-0.2, -0.15) is 0 Å². The highest BCUT2D eigenvalue weighted by molar-refractivity contribution is 5.66. The van der Waals surface area contributed by atoms with Gasteiger partial charge in [-0.15, -0.1) is 0 Å². The number of esters is 1. The first-order chi connectivity index (χ1) is 6.70. The zero-order chi connectivity index (χ0) is 10.8. The molecule has 2 heteroatoms. The highest BCUT2D eigenvalue weighted by Gasteiger charge is 1.93. The minimum atomic E-state index is -0.262. The summed E-state index contributed by atoms with van der Waals surface area (Å²) >= 11 is 0. The molecule has 0 fully saturated rings. The normalized spacial score (nSPS) is 12.1. The van der Waals surface area contributed by atoms with Gasteiger partial charge in [0.05, 0.1) is 6.26 Å². The van der Waals surface area contributed by atoms with Crippen LogP contribution >= 0.6 is 0 Å². The van der Waals surface area contributed by atoms with Crippen LogP contribution in [0.15, 0.2) is 24.0 Å². The van der Waals surface area contributed by atoms with E-state index in [1.54, 1.807) is 6.26 Å². The lowest BCUT2D eigenvalue weighted by Crippen LogP contribution is -1.92. The topological polar surface area (TPSA) is 26.3 Å². The van der Waals surface area contributed by atoms with Crippen molar-refractivity contribution < 1.29 is 9.53 Å². The second kappa shape index (κ2) is 8.54. The van der Waals surface area contributed by atoms with Gasteiger partial charge in [-0.3, -0.25) is 4.79 Å². The average Bonchev–Trinajstić information content (AvgIpc) is 2.14. The van der Waals surface area contributed by atoms with Crippen LogP contribution in [0.1, 0.15) is 46.5 Å². The first-order valence-corrected chi connectivity index (χ1v) is 5.23. The third-order valence-electron chi connectivity index (χ3n) is 1.70. The minimum absolute atomic E-state index is 0.262. The number of carbonyl (C=O) groups is 1. The van der Waals surface area contributed by atoms with Gasteiger partial charge in [-0.05, 0) is 18.4 Å². The van der Waals surface area contributed by atoms with Crippen molar-refractivity contribution in [2.75, 3.05) is 0 Å². The molecule has 0 bridgehead atoms. The summed E-state index contributed by atoms with van der Waals surface area (Å²) in [7, 11) is 0. The van der Waals surface area contributed by atoms with Crippen molar-refractivity contribution in [1.82, 2.24) is 0 Å². The van der Waals surface area contributed by atoms with E-state index in [1.165, 1.54) is 6.92 Å². The molecule has 0 saturated carbocycles. The van der Waals surface area contributed by atoms with Crippen LogP contribution in [0.3, 0.4) is 0 Å². The maximum atomic E-state index is 10.6. The monoisotopic (exact) mass is 196 g/mol. The van der Waals surface area contributed by atoms with Gasteiger partial charge in [0, 0.05) is 6.92 Å². The lowest BCUT2D eigenvalue weighted by Gasteiger charge is -1.99. The van der Waals surface area contributed by atoms with Gasteiger partial charge in [0.2, 0.25) is 0 Å². The summed E-state index contributed by atoms with van der Waals surface area (Å²) in [5, 5.41) is 0. The van der Waals surface area contributed by atoms with Crippen LogP contribution in [0.4, 0.5) is 0 Å². The van der Waals surface area contributed by atoms with Crippen molar-refractivity contribution in [1.29, 1.82) is 0 Å². The first-order valence-electron chi connectivity index (χ1n) is 5.23. The third kappa shape index (κ3) is 7.59. The number of unbranched alkanes of at least 4 members (excludes halogenated alkanes) is 1. The van der Waals surface area contributed by atoms with E-state index in [0.717, 1.165) is 31.3 Å². The highest BCUT2D eigenvalue weighted by atomic mass is 16.5. The second-order valence-electron chi connectivity index (χ2n) is 3.24. The number of carbonyl (C=O) groups excluding carboxylic acids is 1. The van der Waals surface area contributed by atoms with Crippen molar-refractivity contribution in [3.63, 3.8) is 0 Å². The molecule has 0 aromatic carbocycles. The molecule has 0 aromatic rings. The minimum Gasteiger partial charge on any atom is -0.434 e. The Hall–Kier alpha value is -1.05. The Morgan fingerprint density at radius 1 is 1.29 bits per heavy atom. The molecular weight excluding hydrogens is 176 g/mol. The lowest BCUT2D eigenvalue weighted by molar-refractivity contribution is -0.135. The van der Waals surface area contributed by atoms with E-state index in [0.29, 0.717) is 0 Å². The molecule has 0 N–H and O–H groups in total. The van der Waals surface area contributed by atoms with Crippen LogP contribution in [0.2, 0.25) is 0 Å². The SMILES string of the molecule is CCC/C=C/C(=C/OC(C)=O)CCC. The number of hydrogen-bond donors (Lipinski definition) is 0. The molecule has 0 atom stereocenters. The summed E-state index contributed by atoms with van der Waals surface area (Å²) in [5.74, 6) is -0.262. The molecule has 0 amide bonds. The fourth-order valence-corrected chi connectivity index (χ4v) is 1.03. The van der Waals surface area contributed by atoms with Gasteiger partial charge in [0.25, 0.3) is 0 Å². The van der Waals surface area contributed by atoms with E-state index < -0.39 is 0 Å². The Labute approximate surface area is 86.6 Å². The largest absolute Gasteiger partial charge is 0.434 e. The lowest BCUT2D eigenvalue weighted by atomic mass is 10.1. The van der Waals surface area contributed by atoms with Gasteiger partial charge in [0.1, 0.15) is 0 Å². The first kappa shape index (κ1) is 12.9. The standard InChI is InChI=1S/C12H20O2/c1-4-6-7-9-12(8-5-2)10-14-11(3)13/h7,9-10H,4-6,8H2,1-3H3/b9-7+,12-10+. The average molecular weight is 196 g/mol. The highest BCUT2D eigenvalue weighted by Crippen LogP contribution is 2.08. The van der Waals surface area contributed by atoms with Gasteiger partial charge >= 0.3 is 5.97 Å². The van der Waals surface area contributed by atoms with E-state index in [-0.39, 0.29) is 5.97 Å². The summed E-state index contributed by atoms with van der Waals surface area (Å²) in [6.07, 6.45) is 9.93. The van der Waals surface area contributed by atoms with E-state index in [1.807, 2.05) is 6.08 Å². The molecule has 2 nitrogen and oxygen atoms in total. The van der Waals surface area contributed by atoms with Crippen molar-refractivity contribution in [2.45, 2.75) is 46.5 Å². The summed E-state index contributed by atoms with van der Waals surface area (Å²) in [4.78, 5) is 10.6. The predicted molar refractivity (Wildman–Crippen MR) is 58.8 cm³/mol. The molecule has 0 spiro atoms. The summed E-state index contributed by atoms with van der Waals surface area (Å²) in [6, 6.07) is 0. The van der Waals surface area contributed by atoms with Crippen LogP contribution in [-0.2, 0) is 9.53 Å².